The first-order chi connectivity index (χ1) is 6.11. The molecule has 0 amide bonds. The molecule has 3 atom stereocenters. The Bertz CT molecular complexity index is 158. The molecule has 0 aromatic heterocycles. The minimum atomic E-state index is -0.264. The van der Waals surface area contributed by atoms with Gasteiger partial charge in [-0.25, -0.2) is 0 Å². The molecule has 1 aliphatic heterocycles. The summed E-state index contributed by atoms with van der Waals surface area (Å²) in [6.45, 7) is 6.22. The van der Waals surface area contributed by atoms with Crippen LogP contribution in [0.2, 0.25) is 0 Å². The largest absolute Gasteiger partial charge is 0.390 e. The number of aliphatic hydroxyl groups is 1. The number of rotatable bonds is 6. The lowest BCUT2D eigenvalue weighted by molar-refractivity contribution is 0.0751. The van der Waals surface area contributed by atoms with Crippen molar-refractivity contribution in [3.05, 3.63) is 0 Å². The van der Waals surface area contributed by atoms with Crippen LogP contribution in [0.5, 0.6) is 0 Å². The Morgan fingerprint density at radius 1 is 1.38 bits per heavy atom. The van der Waals surface area contributed by atoms with Crippen molar-refractivity contribution in [2.24, 2.45) is 0 Å². The normalized spacial score (nSPS) is 34.6. The minimum Gasteiger partial charge on any atom is -0.390 e. The van der Waals surface area contributed by atoms with Gasteiger partial charge in [0.1, 0.15) is 5.60 Å². The van der Waals surface area contributed by atoms with Gasteiger partial charge in [-0.05, 0) is 20.3 Å². The van der Waals surface area contributed by atoms with Crippen LogP contribution >= 0.6 is 0 Å². The molecule has 78 valence electrons. The van der Waals surface area contributed by atoms with Gasteiger partial charge in [0.05, 0.1) is 12.2 Å². The average Bonchev–Trinajstić information content (AvgIpc) is 2.70. The standard InChI is InChI=1S/C11H22O2/c1-4-5-6-7-8-10(12)11(3)9(2)13-11/h9-10,12H,4-8H2,1-3H3/t9-,10?,11-/m1/s1. The van der Waals surface area contributed by atoms with E-state index in [0.717, 1.165) is 12.8 Å². The van der Waals surface area contributed by atoms with Crippen molar-refractivity contribution >= 4 is 0 Å². The molecule has 2 heteroatoms. The van der Waals surface area contributed by atoms with Crippen LogP contribution < -0.4 is 0 Å². The van der Waals surface area contributed by atoms with Crippen LogP contribution in [-0.2, 0) is 4.74 Å². The van der Waals surface area contributed by atoms with E-state index in [1.54, 1.807) is 0 Å². The summed E-state index contributed by atoms with van der Waals surface area (Å²) in [5.74, 6) is 0. The molecule has 2 nitrogen and oxygen atoms in total. The maximum absolute atomic E-state index is 9.79. The van der Waals surface area contributed by atoms with E-state index >= 15 is 0 Å². The number of aliphatic hydroxyl groups excluding tert-OH is 1. The van der Waals surface area contributed by atoms with Crippen molar-refractivity contribution in [2.45, 2.75) is 70.7 Å². The first-order valence-electron chi connectivity index (χ1n) is 5.47. The molecule has 1 heterocycles. The third-order valence-corrected chi connectivity index (χ3v) is 3.17. The van der Waals surface area contributed by atoms with E-state index in [1.807, 2.05) is 13.8 Å². The molecule has 0 bridgehead atoms. The first-order valence-corrected chi connectivity index (χ1v) is 5.47. The lowest BCUT2D eigenvalue weighted by Gasteiger charge is -2.14. The highest BCUT2D eigenvalue weighted by Gasteiger charge is 2.53. The smallest absolute Gasteiger partial charge is 0.117 e. The summed E-state index contributed by atoms with van der Waals surface area (Å²) in [5.41, 5.74) is -0.230. The van der Waals surface area contributed by atoms with Gasteiger partial charge in [0.15, 0.2) is 0 Å². The molecule has 1 N–H and O–H groups in total. The van der Waals surface area contributed by atoms with Crippen molar-refractivity contribution in [3.63, 3.8) is 0 Å². The summed E-state index contributed by atoms with van der Waals surface area (Å²) in [7, 11) is 0. The summed E-state index contributed by atoms with van der Waals surface area (Å²) in [6.07, 6.45) is 5.76. The second-order valence-electron chi connectivity index (χ2n) is 4.31. The fourth-order valence-electron chi connectivity index (χ4n) is 1.75. The number of ether oxygens (including phenoxy) is 1. The van der Waals surface area contributed by atoms with Gasteiger partial charge in [-0.1, -0.05) is 32.6 Å². The number of hydrogen-bond acceptors (Lipinski definition) is 2. The maximum atomic E-state index is 9.79. The first kappa shape index (κ1) is 11.0. The lowest BCUT2D eigenvalue weighted by Crippen LogP contribution is -2.28. The Balaban J connectivity index is 2.08. The average molecular weight is 186 g/mol. The third kappa shape index (κ3) is 2.68. The molecule has 1 rings (SSSR count). The summed E-state index contributed by atoms with van der Waals surface area (Å²) in [6, 6.07) is 0. The van der Waals surface area contributed by atoms with Crippen LogP contribution in [-0.4, -0.2) is 22.9 Å². The van der Waals surface area contributed by atoms with Gasteiger partial charge in [0.2, 0.25) is 0 Å². The molecular weight excluding hydrogens is 164 g/mol. The summed E-state index contributed by atoms with van der Waals surface area (Å²) in [4.78, 5) is 0. The molecule has 1 saturated heterocycles. The highest BCUT2D eigenvalue weighted by molar-refractivity contribution is 5.01. The second kappa shape index (κ2) is 4.43. The third-order valence-electron chi connectivity index (χ3n) is 3.17. The Morgan fingerprint density at radius 3 is 2.46 bits per heavy atom. The molecule has 0 aliphatic carbocycles. The molecule has 0 saturated carbocycles. The fourth-order valence-corrected chi connectivity index (χ4v) is 1.75. The van der Waals surface area contributed by atoms with E-state index in [1.165, 1.54) is 19.3 Å². The summed E-state index contributed by atoms with van der Waals surface area (Å²) >= 11 is 0. The molecule has 13 heavy (non-hydrogen) atoms. The van der Waals surface area contributed by atoms with Gasteiger partial charge in [-0.15, -0.1) is 0 Å². The summed E-state index contributed by atoms with van der Waals surface area (Å²) in [5, 5.41) is 9.79. The Hall–Kier alpha value is -0.0800. The monoisotopic (exact) mass is 186 g/mol. The van der Waals surface area contributed by atoms with E-state index in [4.69, 9.17) is 4.74 Å². The lowest BCUT2D eigenvalue weighted by atomic mass is 9.96. The topological polar surface area (TPSA) is 32.8 Å². The van der Waals surface area contributed by atoms with E-state index in [2.05, 4.69) is 6.92 Å². The molecule has 1 aliphatic rings. The van der Waals surface area contributed by atoms with E-state index in [9.17, 15) is 5.11 Å². The Kier molecular flexibility index (Phi) is 3.74. The second-order valence-corrected chi connectivity index (χ2v) is 4.31. The molecule has 0 spiro atoms. The maximum Gasteiger partial charge on any atom is 0.117 e. The Labute approximate surface area is 81.3 Å². The van der Waals surface area contributed by atoms with Crippen LogP contribution in [0.4, 0.5) is 0 Å². The van der Waals surface area contributed by atoms with Crippen LogP contribution in [0, 0.1) is 0 Å². The van der Waals surface area contributed by atoms with E-state index in [0.29, 0.717) is 0 Å². The number of unbranched alkanes of at least 4 members (excludes halogenated alkanes) is 3. The van der Waals surface area contributed by atoms with Gasteiger partial charge < -0.3 is 9.84 Å². The van der Waals surface area contributed by atoms with Crippen LogP contribution in [0.25, 0.3) is 0 Å². The fraction of sp³-hybridized carbons (Fsp3) is 1.00. The minimum absolute atomic E-state index is 0.230. The van der Waals surface area contributed by atoms with Crippen molar-refractivity contribution in [1.82, 2.24) is 0 Å². The zero-order chi connectivity index (χ0) is 9.90. The molecule has 1 fully saturated rings. The predicted octanol–water partition coefficient (Wildman–Crippen LogP) is 2.50. The SMILES string of the molecule is CCCCCCC(O)[C@]1(C)O[C@@H]1C. The molecular formula is C11H22O2. The summed E-state index contributed by atoms with van der Waals surface area (Å²) < 4.78 is 5.37. The molecule has 0 radical (unpaired) electrons. The zero-order valence-corrected chi connectivity index (χ0v) is 9.05. The predicted molar refractivity (Wildman–Crippen MR) is 53.7 cm³/mol. The van der Waals surface area contributed by atoms with Crippen molar-refractivity contribution in [1.29, 1.82) is 0 Å². The zero-order valence-electron chi connectivity index (χ0n) is 9.05. The number of hydrogen-bond donors (Lipinski definition) is 1. The van der Waals surface area contributed by atoms with Crippen molar-refractivity contribution < 1.29 is 9.84 Å². The quantitative estimate of drug-likeness (QED) is 0.510. The van der Waals surface area contributed by atoms with Gasteiger partial charge >= 0.3 is 0 Å². The molecule has 0 aromatic rings. The van der Waals surface area contributed by atoms with E-state index < -0.39 is 0 Å². The van der Waals surface area contributed by atoms with E-state index in [-0.39, 0.29) is 17.8 Å². The Morgan fingerprint density at radius 2 is 2.00 bits per heavy atom. The van der Waals surface area contributed by atoms with Crippen molar-refractivity contribution in [2.75, 3.05) is 0 Å². The van der Waals surface area contributed by atoms with Gasteiger partial charge in [0, 0.05) is 0 Å². The van der Waals surface area contributed by atoms with Gasteiger partial charge in [-0.2, -0.15) is 0 Å². The number of epoxide rings is 1. The highest BCUT2D eigenvalue weighted by atomic mass is 16.6. The van der Waals surface area contributed by atoms with Gasteiger partial charge in [-0.3, -0.25) is 0 Å². The molecule has 0 aromatic carbocycles. The van der Waals surface area contributed by atoms with Crippen LogP contribution in [0.1, 0.15) is 52.9 Å². The molecule has 1 unspecified atom stereocenters. The van der Waals surface area contributed by atoms with Crippen LogP contribution in [0.3, 0.4) is 0 Å². The van der Waals surface area contributed by atoms with Crippen LogP contribution in [0.15, 0.2) is 0 Å². The van der Waals surface area contributed by atoms with Gasteiger partial charge in [0.25, 0.3) is 0 Å². The van der Waals surface area contributed by atoms with Crippen molar-refractivity contribution in [3.8, 4) is 0 Å². The highest BCUT2D eigenvalue weighted by Crippen LogP contribution is 2.40.